The Balaban J connectivity index is 2.04. The average molecular weight is 276 g/mol. The lowest BCUT2D eigenvalue weighted by atomic mass is 10.0. The molecule has 0 saturated carbocycles. The zero-order valence-electron chi connectivity index (χ0n) is 8.68. The molecule has 1 aliphatic heterocycles. The summed E-state index contributed by atoms with van der Waals surface area (Å²) in [7, 11) is 0. The summed E-state index contributed by atoms with van der Waals surface area (Å²) in [5, 5.41) is 13.6. The molecule has 1 aromatic rings. The van der Waals surface area contributed by atoms with Gasteiger partial charge in [0.05, 0.1) is 24.3 Å². The Morgan fingerprint density at radius 3 is 2.88 bits per heavy atom. The van der Waals surface area contributed by atoms with Crippen LogP contribution < -0.4 is 5.32 Å². The van der Waals surface area contributed by atoms with E-state index >= 15 is 0 Å². The molecule has 5 nitrogen and oxygen atoms in total. The van der Waals surface area contributed by atoms with Crippen molar-refractivity contribution < 1.29 is 19.4 Å². The molecule has 0 bridgehead atoms. The van der Waals surface area contributed by atoms with E-state index in [0.29, 0.717) is 9.90 Å². The fraction of sp³-hybridized carbons (Fsp3) is 0.400. The molecule has 2 N–H and O–H groups in total. The topological polar surface area (TPSA) is 75.6 Å². The van der Waals surface area contributed by atoms with Crippen molar-refractivity contribution in [2.24, 2.45) is 5.92 Å². The van der Waals surface area contributed by atoms with Gasteiger partial charge in [-0.15, -0.1) is 11.3 Å². The summed E-state index contributed by atoms with van der Waals surface area (Å²) in [4.78, 5) is 23.1. The number of halogens is 1. The molecule has 2 heterocycles. The second kappa shape index (κ2) is 5.03. The van der Waals surface area contributed by atoms with Crippen LogP contribution in [0.5, 0.6) is 0 Å². The van der Waals surface area contributed by atoms with Crippen LogP contribution in [0.15, 0.2) is 11.4 Å². The van der Waals surface area contributed by atoms with E-state index in [-0.39, 0.29) is 19.1 Å². The summed E-state index contributed by atoms with van der Waals surface area (Å²) >= 11 is 7.04. The molecule has 1 aliphatic rings. The van der Waals surface area contributed by atoms with Crippen LogP contribution >= 0.6 is 22.9 Å². The molecule has 0 radical (unpaired) electrons. The lowest BCUT2D eigenvalue weighted by Gasteiger charge is -2.15. The largest absolute Gasteiger partial charge is 0.481 e. The highest BCUT2D eigenvalue weighted by molar-refractivity contribution is 7.12. The molecule has 17 heavy (non-hydrogen) atoms. The average Bonchev–Trinajstić information content (AvgIpc) is 2.86. The first-order valence-corrected chi connectivity index (χ1v) is 6.19. The van der Waals surface area contributed by atoms with Gasteiger partial charge in [0.1, 0.15) is 10.8 Å². The molecular formula is C10H10ClNO4S. The maximum atomic E-state index is 11.8. The van der Waals surface area contributed by atoms with Gasteiger partial charge < -0.3 is 15.2 Å². The number of rotatable bonds is 3. The van der Waals surface area contributed by atoms with Gasteiger partial charge in [0, 0.05) is 0 Å². The van der Waals surface area contributed by atoms with Crippen molar-refractivity contribution in [2.75, 3.05) is 13.2 Å². The van der Waals surface area contributed by atoms with Gasteiger partial charge in [0.15, 0.2) is 0 Å². The Bertz CT molecular complexity index is 447. The molecule has 2 unspecified atom stereocenters. The van der Waals surface area contributed by atoms with Crippen molar-refractivity contribution in [3.63, 3.8) is 0 Å². The lowest BCUT2D eigenvalue weighted by Crippen LogP contribution is -2.42. The van der Waals surface area contributed by atoms with Gasteiger partial charge in [-0.05, 0) is 11.4 Å². The molecule has 7 heteroatoms. The van der Waals surface area contributed by atoms with Crippen molar-refractivity contribution >= 4 is 34.8 Å². The maximum Gasteiger partial charge on any atom is 0.311 e. The molecule has 1 saturated heterocycles. The third-order valence-electron chi connectivity index (χ3n) is 2.54. The zero-order valence-corrected chi connectivity index (χ0v) is 10.3. The Kier molecular flexibility index (Phi) is 3.66. The molecule has 0 aliphatic carbocycles. The van der Waals surface area contributed by atoms with Crippen LogP contribution in [0.3, 0.4) is 0 Å². The number of carbonyl (C=O) groups is 2. The molecule has 1 fully saturated rings. The second-order valence-electron chi connectivity index (χ2n) is 3.66. The van der Waals surface area contributed by atoms with E-state index in [1.54, 1.807) is 11.4 Å². The second-order valence-corrected chi connectivity index (χ2v) is 4.98. The minimum Gasteiger partial charge on any atom is -0.481 e. The SMILES string of the molecule is O=C(NC1COCC1C(=O)O)c1sccc1Cl. The van der Waals surface area contributed by atoms with Crippen LogP contribution in [0.2, 0.25) is 5.02 Å². The highest BCUT2D eigenvalue weighted by atomic mass is 35.5. The summed E-state index contributed by atoms with van der Waals surface area (Å²) in [5.41, 5.74) is 0. The first kappa shape index (κ1) is 12.3. The number of hydrogen-bond acceptors (Lipinski definition) is 4. The van der Waals surface area contributed by atoms with E-state index < -0.39 is 17.9 Å². The lowest BCUT2D eigenvalue weighted by molar-refractivity contribution is -0.142. The van der Waals surface area contributed by atoms with E-state index in [0.717, 1.165) is 0 Å². The molecule has 92 valence electrons. The van der Waals surface area contributed by atoms with Gasteiger partial charge in [-0.3, -0.25) is 9.59 Å². The summed E-state index contributed by atoms with van der Waals surface area (Å²) in [6.07, 6.45) is 0. The minimum atomic E-state index is -0.968. The molecule has 0 aromatic carbocycles. The van der Waals surface area contributed by atoms with Crippen molar-refractivity contribution in [1.82, 2.24) is 5.32 Å². The Hall–Kier alpha value is -1.11. The predicted molar refractivity (Wildman–Crippen MR) is 62.5 cm³/mol. The number of nitrogens with one attached hydrogen (secondary N) is 1. The highest BCUT2D eigenvalue weighted by Crippen LogP contribution is 2.23. The molecule has 0 spiro atoms. The normalized spacial score (nSPS) is 23.6. The summed E-state index contributed by atoms with van der Waals surface area (Å²) < 4.78 is 5.05. The summed E-state index contributed by atoms with van der Waals surface area (Å²) in [6.45, 7) is 0.337. The first-order valence-electron chi connectivity index (χ1n) is 4.94. The number of carboxylic acids is 1. The smallest absolute Gasteiger partial charge is 0.311 e. The van der Waals surface area contributed by atoms with Crippen LogP contribution in [0.25, 0.3) is 0 Å². The monoisotopic (exact) mass is 275 g/mol. The van der Waals surface area contributed by atoms with Gasteiger partial charge in [-0.1, -0.05) is 11.6 Å². The van der Waals surface area contributed by atoms with E-state index in [4.69, 9.17) is 21.4 Å². The van der Waals surface area contributed by atoms with Gasteiger partial charge in [-0.2, -0.15) is 0 Å². The summed E-state index contributed by atoms with van der Waals surface area (Å²) in [5.74, 6) is -2.02. The van der Waals surface area contributed by atoms with Crippen molar-refractivity contribution in [3.8, 4) is 0 Å². The number of carboxylic acid groups (broad SMARTS) is 1. The van der Waals surface area contributed by atoms with Gasteiger partial charge in [0.2, 0.25) is 0 Å². The van der Waals surface area contributed by atoms with Crippen LogP contribution in [-0.2, 0) is 9.53 Å². The van der Waals surface area contributed by atoms with Gasteiger partial charge in [-0.25, -0.2) is 0 Å². The fourth-order valence-corrected chi connectivity index (χ4v) is 2.67. The molecule has 2 atom stereocenters. The van der Waals surface area contributed by atoms with Gasteiger partial charge in [0.25, 0.3) is 5.91 Å². The number of carbonyl (C=O) groups excluding carboxylic acids is 1. The fourth-order valence-electron chi connectivity index (χ4n) is 1.63. The Morgan fingerprint density at radius 2 is 2.29 bits per heavy atom. The van der Waals surface area contributed by atoms with Crippen LogP contribution in [0.1, 0.15) is 9.67 Å². The summed E-state index contributed by atoms with van der Waals surface area (Å²) in [6, 6.07) is 1.12. The molecule has 1 amide bonds. The van der Waals surface area contributed by atoms with Crippen LogP contribution in [0.4, 0.5) is 0 Å². The van der Waals surface area contributed by atoms with E-state index in [1.165, 1.54) is 11.3 Å². The highest BCUT2D eigenvalue weighted by Gasteiger charge is 2.35. The molecule has 1 aromatic heterocycles. The number of aliphatic carboxylic acids is 1. The standard InChI is InChI=1S/C10H10ClNO4S/c11-6-1-2-17-8(6)9(13)12-7-4-16-3-5(7)10(14)15/h1-2,5,7H,3-4H2,(H,12,13)(H,14,15). The number of hydrogen-bond donors (Lipinski definition) is 2. The molecular weight excluding hydrogens is 266 g/mol. The van der Waals surface area contributed by atoms with Crippen molar-refractivity contribution in [1.29, 1.82) is 0 Å². The molecule has 2 rings (SSSR count). The quantitative estimate of drug-likeness (QED) is 0.870. The maximum absolute atomic E-state index is 11.8. The Morgan fingerprint density at radius 1 is 1.53 bits per heavy atom. The Labute approximate surface area is 106 Å². The van der Waals surface area contributed by atoms with E-state index in [9.17, 15) is 9.59 Å². The van der Waals surface area contributed by atoms with Crippen LogP contribution in [0, 0.1) is 5.92 Å². The zero-order chi connectivity index (χ0) is 12.4. The van der Waals surface area contributed by atoms with Crippen molar-refractivity contribution in [2.45, 2.75) is 6.04 Å². The first-order chi connectivity index (χ1) is 8.09. The van der Waals surface area contributed by atoms with Gasteiger partial charge >= 0.3 is 5.97 Å². The van der Waals surface area contributed by atoms with E-state index in [1.807, 2.05) is 0 Å². The van der Waals surface area contributed by atoms with Crippen molar-refractivity contribution in [3.05, 3.63) is 21.3 Å². The number of amides is 1. The predicted octanol–water partition coefficient (Wildman–Crippen LogP) is 1.23. The van der Waals surface area contributed by atoms with Crippen LogP contribution in [-0.4, -0.2) is 36.2 Å². The van der Waals surface area contributed by atoms with E-state index in [2.05, 4.69) is 5.32 Å². The number of thiophene rings is 1. The third-order valence-corrected chi connectivity index (χ3v) is 3.88. The number of ether oxygens (including phenoxy) is 1. The third kappa shape index (κ3) is 2.59. The minimum absolute atomic E-state index is 0.123.